The number of esters is 1. The van der Waals surface area contributed by atoms with Crippen molar-refractivity contribution < 1.29 is 14.3 Å². The molecule has 0 amide bonds. The zero-order valence-electron chi connectivity index (χ0n) is 16.5. The Morgan fingerprint density at radius 3 is 2.72 bits per heavy atom. The third-order valence-electron chi connectivity index (χ3n) is 6.06. The molecule has 1 heterocycles. The van der Waals surface area contributed by atoms with Gasteiger partial charge in [0.25, 0.3) is 0 Å². The van der Waals surface area contributed by atoms with E-state index in [1.165, 1.54) is 32.1 Å². The molecule has 1 saturated heterocycles. The second-order valence-corrected chi connectivity index (χ2v) is 8.60. The van der Waals surface area contributed by atoms with Crippen LogP contribution in [0.5, 0.6) is 0 Å². The van der Waals surface area contributed by atoms with E-state index in [2.05, 4.69) is 27.4 Å². The minimum Gasteiger partial charge on any atom is -0.435 e. The van der Waals surface area contributed by atoms with E-state index in [1.807, 2.05) is 6.08 Å². The average Bonchev–Trinajstić information content (AvgIpc) is 2.90. The Balaban J connectivity index is 1.82. The third-order valence-corrected chi connectivity index (χ3v) is 6.06. The number of carbonyl (C=O) groups is 1. The van der Waals surface area contributed by atoms with Crippen LogP contribution in [0.3, 0.4) is 0 Å². The maximum Gasteiger partial charge on any atom is 0.308 e. The van der Waals surface area contributed by atoms with E-state index >= 15 is 0 Å². The smallest absolute Gasteiger partial charge is 0.308 e. The second-order valence-electron chi connectivity index (χ2n) is 8.60. The predicted octanol–water partition coefficient (Wildman–Crippen LogP) is 5.88. The first kappa shape index (κ1) is 20.5. The van der Waals surface area contributed by atoms with E-state index in [-0.39, 0.29) is 24.3 Å². The quantitative estimate of drug-likeness (QED) is 0.280. The van der Waals surface area contributed by atoms with Crippen LogP contribution in [0.1, 0.15) is 85.0 Å². The van der Waals surface area contributed by atoms with Gasteiger partial charge in [0.05, 0.1) is 12.5 Å². The van der Waals surface area contributed by atoms with Gasteiger partial charge >= 0.3 is 5.97 Å². The molecule has 2 aliphatic rings. The Morgan fingerprint density at radius 2 is 2.00 bits per heavy atom. The van der Waals surface area contributed by atoms with Crippen molar-refractivity contribution in [1.29, 1.82) is 0 Å². The van der Waals surface area contributed by atoms with Gasteiger partial charge < -0.3 is 9.47 Å². The Kier molecular flexibility index (Phi) is 8.48. The summed E-state index contributed by atoms with van der Waals surface area (Å²) in [4.78, 5) is 11.8. The van der Waals surface area contributed by atoms with E-state index in [9.17, 15) is 4.79 Å². The molecule has 1 saturated carbocycles. The summed E-state index contributed by atoms with van der Waals surface area (Å²) in [5.41, 5.74) is 0. The molecule has 0 aromatic rings. The summed E-state index contributed by atoms with van der Waals surface area (Å²) in [6, 6.07) is 0. The van der Waals surface area contributed by atoms with E-state index in [0.717, 1.165) is 25.7 Å². The van der Waals surface area contributed by atoms with E-state index in [0.29, 0.717) is 24.2 Å². The number of cyclic esters (lactones) is 1. The molecule has 0 radical (unpaired) electrons. The summed E-state index contributed by atoms with van der Waals surface area (Å²) in [5.74, 6) is 2.09. The average molecular weight is 351 g/mol. The summed E-state index contributed by atoms with van der Waals surface area (Å²) in [5, 5.41) is 0. The summed E-state index contributed by atoms with van der Waals surface area (Å²) in [6.45, 7) is 10.7. The number of ether oxygens (including phenoxy) is 2. The Bertz CT molecular complexity index is 417. The molecule has 2 rings (SSSR count). The van der Waals surface area contributed by atoms with Gasteiger partial charge in [-0.1, -0.05) is 52.5 Å². The highest BCUT2D eigenvalue weighted by molar-refractivity contribution is 5.71. The van der Waals surface area contributed by atoms with Crippen molar-refractivity contribution in [2.45, 2.75) is 97.4 Å². The van der Waals surface area contributed by atoms with Gasteiger partial charge in [0, 0.05) is 5.92 Å². The van der Waals surface area contributed by atoms with Gasteiger partial charge in [0.2, 0.25) is 6.29 Å². The zero-order valence-corrected chi connectivity index (χ0v) is 16.5. The molecule has 1 aliphatic carbocycles. The van der Waals surface area contributed by atoms with Gasteiger partial charge in [-0.2, -0.15) is 0 Å². The van der Waals surface area contributed by atoms with Gasteiger partial charge in [-0.15, -0.1) is 6.58 Å². The highest BCUT2D eigenvalue weighted by Crippen LogP contribution is 2.38. The summed E-state index contributed by atoms with van der Waals surface area (Å²) >= 11 is 0. The molecule has 0 aromatic heterocycles. The van der Waals surface area contributed by atoms with Crippen molar-refractivity contribution in [2.24, 2.45) is 23.7 Å². The maximum absolute atomic E-state index is 11.8. The van der Waals surface area contributed by atoms with Crippen molar-refractivity contribution in [3.8, 4) is 0 Å². The highest BCUT2D eigenvalue weighted by Gasteiger charge is 2.40. The fourth-order valence-corrected chi connectivity index (χ4v) is 4.45. The molecule has 0 N–H and O–H groups in total. The molecular weight excluding hydrogens is 312 g/mol. The van der Waals surface area contributed by atoms with Crippen LogP contribution in [-0.2, 0) is 14.3 Å². The lowest BCUT2D eigenvalue weighted by molar-refractivity contribution is -0.196. The van der Waals surface area contributed by atoms with E-state index in [4.69, 9.17) is 9.47 Å². The zero-order chi connectivity index (χ0) is 18.2. The first-order valence-corrected chi connectivity index (χ1v) is 10.5. The van der Waals surface area contributed by atoms with Crippen molar-refractivity contribution in [1.82, 2.24) is 0 Å². The monoisotopic (exact) mass is 350 g/mol. The molecule has 0 aromatic carbocycles. The molecule has 5 atom stereocenters. The van der Waals surface area contributed by atoms with Crippen molar-refractivity contribution in [2.75, 3.05) is 0 Å². The van der Waals surface area contributed by atoms with Crippen LogP contribution < -0.4 is 0 Å². The lowest BCUT2D eigenvalue weighted by atomic mass is 9.75. The second kappa shape index (κ2) is 10.4. The molecule has 0 spiro atoms. The predicted molar refractivity (Wildman–Crippen MR) is 102 cm³/mol. The van der Waals surface area contributed by atoms with Crippen LogP contribution in [-0.4, -0.2) is 18.4 Å². The minimum atomic E-state index is -0.308. The van der Waals surface area contributed by atoms with E-state index < -0.39 is 0 Å². The van der Waals surface area contributed by atoms with Gasteiger partial charge in [0.1, 0.15) is 0 Å². The van der Waals surface area contributed by atoms with Gasteiger partial charge in [-0.25, -0.2) is 0 Å². The summed E-state index contributed by atoms with van der Waals surface area (Å²) in [7, 11) is 0. The van der Waals surface area contributed by atoms with Crippen LogP contribution in [0.2, 0.25) is 0 Å². The molecule has 25 heavy (non-hydrogen) atoms. The Labute approximate surface area is 154 Å². The number of hydrogen-bond donors (Lipinski definition) is 0. The molecule has 1 aliphatic heterocycles. The first-order chi connectivity index (χ1) is 12.0. The molecule has 3 heteroatoms. The molecule has 0 unspecified atom stereocenters. The number of rotatable bonds is 10. The standard InChI is InChI=1S/C22H38O3/c1-5-6-7-8-9-10-11-18-15-21(23)25-22(18)24-20-14-17(4)12-13-19(20)16(2)3/h5,16-20,22H,1,6-15H2,2-4H3/t17-,18-,19+,20-,22-/m1/s1. The SMILES string of the molecule is C=CCCCCCC[C@@H]1CC(=O)O[C@H]1O[C@@H]1C[C@H](C)CC[C@H]1C(C)C. The third kappa shape index (κ3) is 6.44. The van der Waals surface area contributed by atoms with E-state index in [1.54, 1.807) is 0 Å². The molecule has 3 nitrogen and oxygen atoms in total. The van der Waals surface area contributed by atoms with Gasteiger partial charge in [-0.05, 0) is 49.9 Å². The Hall–Kier alpha value is -0.830. The number of unbranched alkanes of at least 4 members (excludes halogenated alkanes) is 4. The van der Waals surface area contributed by atoms with Crippen molar-refractivity contribution in [3.05, 3.63) is 12.7 Å². The topological polar surface area (TPSA) is 35.5 Å². The van der Waals surface area contributed by atoms with Gasteiger partial charge in [0.15, 0.2) is 0 Å². The van der Waals surface area contributed by atoms with Crippen LogP contribution >= 0.6 is 0 Å². The molecule has 0 bridgehead atoms. The fourth-order valence-electron chi connectivity index (χ4n) is 4.45. The number of hydrogen-bond acceptors (Lipinski definition) is 3. The van der Waals surface area contributed by atoms with Crippen LogP contribution in [0.25, 0.3) is 0 Å². The minimum absolute atomic E-state index is 0.0772. The van der Waals surface area contributed by atoms with Gasteiger partial charge in [-0.3, -0.25) is 4.79 Å². The molecular formula is C22H38O3. The van der Waals surface area contributed by atoms with Crippen molar-refractivity contribution >= 4 is 5.97 Å². The van der Waals surface area contributed by atoms with Crippen LogP contribution in [0, 0.1) is 23.7 Å². The van der Waals surface area contributed by atoms with Crippen LogP contribution in [0.4, 0.5) is 0 Å². The fraction of sp³-hybridized carbons (Fsp3) is 0.864. The highest BCUT2D eigenvalue weighted by atomic mass is 16.7. The molecule has 144 valence electrons. The summed E-state index contributed by atoms with van der Waals surface area (Å²) in [6.07, 6.45) is 13.1. The first-order valence-electron chi connectivity index (χ1n) is 10.5. The largest absolute Gasteiger partial charge is 0.435 e. The normalized spacial score (nSPS) is 32.8. The number of carbonyl (C=O) groups excluding carboxylic acids is 1. The van der Waals surface area contributed by atoms with Crippen LogP contribution in [0.15, 0.2) is 12.7 Å². The summed E-state index contributed by atoms with van der Waals surface area (Å²) < 4.78 is 12.0. The maximum atomic E-state index is 11.8. The number of allylic oxidation sites excluding steroid dienone is 1. The molecule has 2 fully saturated rings. The van der Waals surface area contributed by atoms with Crippen molar-refractivity contribution in [3.63, 3.8) is 0 Å². The lowest BCUT2D eigenvalue weighted by Crippen LogP contribution is -2.38. The Morgan fingerprint density at radius 1 is 1.24 bits per heavy atom. The lowest BCUT2D eigenvalue weighted by Gasteiger charge is -2.38.